The Balaban J connectivity index is 2.13. The number of esters is 1. The van der Waals surface area contributed by atoms with Crippen molar-refractivity contribution in [3.63, 3.8) is 0 Å². The number of methoxy groups -OCH3 is 1. The molecule has 0 bridgehead atoms. The number of carbonyl (C=O) groups is 1. The molecule has 1 heterocycles. The summed E-state index contributed by atoms with van der Waals surface area (Å²) in [6, 6.07) is 17.3. The number of amidine groups is 1. The lowest BCUT2D eigenvalue weighted by atomic mass is 9.80. The Kier molecular flexibility index (Phi) is 11.6. The lowest BCUT2D eigenvalue weighted by Crippen LogP contribution is -2.48. The van der Waals surface area contributed by atoms with Crippen molar-refractivity contribution in [3.8, 4) is 11.5 Å². The number of aliphatic imine (C=N–C) groups is 1. The molecule has 0 aromatic heterocycles. The van der Waals surface area contributed by atoms with Gasteiger partial charge in [-0.25, -0.2) is 22.5 Å². The van der Waals surface area contributed by atoms with E-state index in [9.17, 15) is 13.2 Å². The van der Waals surface area contributed by atoms with Gasteiger partial charge in [0, 0.05) is 22.7 Å². The molecule has 1 aliphatic rings. The fraction of sp³-hybridized carbons (Fsp3) is 0.412. The average Bonchev–Trinajstić information content (AvgIpc) is 3.40. The molecule has 12 heteroatoms. The van der Waals surface area contributed by atoms with Crippen molar-refractivity contribution in [2.75, 3.05) is 39.1 Å². The van der Waals surface area contributed by atoms with E-state index in [0.29, 0.717) is 51.3 Å². The third-order valence-electron chi connectivity index (χ3n) is 7.83. The van der Waals surface area contributed by atoms with Gasteiger partial charge in [0.15, 0.2) is 5.84 Å². The van der Waals surface area contributed by atoms with Gasteiger partial charge in [-0.2, -0.15) is 0 Å². The van der Waals surface area contributed by atoms with Crippen LogP contribution in [0.1, 0.15) is 57.4 Å². The highest BCUT2D eigenvalue weighted by Crippen LogP contribution is 2.52. The van der Waals surface area contributed by atoms with E-state index in [2.05, 4.69) is 0 Å². The molecule has 0 N–H and O–H groups in total. The van der Waals surface area contributed by atoms with Crippen LogP contribution in [0.25, 0.3) is 0 Å². The molecule has 0 unspecified atom stereocenters. The SMILES string of the molecule is CCOC(=O)[C@@]1(c2ccc(Cl)cc2)N=C(c2ccc(OC)cc2OC(C)C)N(S(=O)(=O)CCN(CC)CC)[C@@H]1c1ccc(Cl)cc1. The Labute approximate surface area is 282 Å². The molecule has 3 aromatic carbocycles. The minimum atomic E-state index is -4.17. The highest BCUT2D eigenvalue weighted by Gasteiger charge is 2.60. The second-order valence-corrected chi connectivity index (χ2v) is 13.9. The van der Waals surface area contributed by atoms with Crippen LogP contribution >= 0.6 is 23.2 Å². The van der Waals surface area contributed by atoms with Gasteiger partial charge in [0.1, 0.15) is 17.5 Å². The fourth-order valence-corrected chi connectivity index (χ4v) is 7.49. The second-order valence-electron chi connectivity index (χ2n) is 11.1. The molecule has 248 valence electrons. The normalized spacial score (nSPS) is 18.2. The van der Waals surface area contributed by atoms with Crippen LogP contribution < -0.4 is 9.47 Å². The molecule has 3 aromatic rings. The Bertz CT molecular complexity index is 1640. The van der Waals surface area contributed by atoms with Gasteiger partial charge in [0.2, 0.25) is 15.6 Å². The van der Waals surface area contributed by atoms with Crippen LogP contribution in [0.4, 0.5) is 0 Å². The molecule has 46 heavy (non-hydrogen) atoms. The molecule has 0 saturated carbocycles. The molecule has 0 saturated heterocycles. The van der Waals surface area contributed by atoms with E-state index in [4.69, 9.17) is 42.4 Å². The van der Waals surface area contributed by atoms with Crippen molar-refractivity contribution in [1.82, 2.24) is 9.21 Å². The van der Waals surface area contributed by atoms with Crippen LogP contribution in [0, 0.1) is 0 Å². The van der Waals surface area contributed by atoms with Crippen LogP contribution in [0.2, 0.25) is 10.0 Å². The molecular weight excluding hydrogens is 649 g/mol. The maximum absolute atomic E-state index is 14.8. The molecule has 0 amide bonds. The molecule has 0 radical (unpaired) electrons. The monoisotopic (exact) mass is 689 g/mol. The first-order valence-corrected chi connectivity index (χ1v) is 17.7. The summed E-state index contributed by atoms with van der Waals surface area (Å²) in [6.07, 6.45) is -0.265. The van der Waals surface area contributed by atoms with Gasteiger partial charge < -0.3 is 19.1 Å². The number of nitrogens with zero attached hydrogens (tertiary/aromatic N) is 3. The second kappa shape index (κ2) is 15.1. The molecule has 0 spiro atoms. The lowest BCUT2D eigenvalue weighted by Gasteiger charge is -2.36. The largest absolute Gasteiger partial charge is 0.497 e. The summed E-state index contributed by atoms with van der Waals surface area (Å²) in [5, 5.41) is 0.898. The van der Waals surface area contributed by atoms with Gasteiger partial charge in [-0.05, 0) is 81.4 Å². The number of rotatable bonds is 14. The van der Waals surface area contributed by atoms with E-state index >= 15 is 0 Å². The maximum Gasteiger partial charge on any atom is 0.341 e. The molecule has 4 rings (SSSR count). The molecule has 0 aliphatic carbocycles. The summed E-state index contributed by atoms with van der Waals surface area (Å²) in [5.41, 5.74) is -0.576. The highest BCUT2D eigenvalue weighted by atomic mass is 35.5. The van der Waals surface area contributed by atoms with Crippen LogP contribution in [0.3, 0.4) is 0 Å². The van der Waals surface area contributed by atoms with Crippen molar-refractivity contribution in [3.05, 3.63) is 93.5 Å². The third-order valence-corrected chi connectivity index (χ3v) is 10.0. The van der Waals surface area contributed by atoms with Crippen LogP contribution in [0.5, 0.6) is 11.5 Å². The lowest BCUT2D eigenvalue weighted by molar-refractivity contribution is -0.151. The van der Waals surface area contributed by atoms with Gasteiger partial charge in [-0.1, -0.05) is 61.3 Å². The Hall–Kier alpha value is -3.31. The average molecular weight is 691 g/mol. The van der Waals surface area contributed by atoms with Gasteiger partial charge in [0.05, 0.1) is 31.1 Å². The smallest absolute Gasteiger partial charge is 0.341 e. The van der Waals surface area contributed by atoms with Gasteiger partial charge >= 0.3 is 5.97 Å². The van der Waals surface area contributed by atoms with Crippen LogP contribution in [-0.2, 0) is 25.1 Å². The molecule has 0 fully saturated rings. The molecular formula is C34H41Cl2N3O6S. The fourth-order valence-electron chi connectivity index (χ4n) is 5.55. The summed E-state index contributed by atoms with van der Waals surface area (Å²) in [6.45, 7) is 11.1. The number of carbonyl (C=O) groups excluding carboxylic acids is 1. The third kappa shape index (κ3) is 7.30. The number of halogens is 2. The van der Waals surface area contributed by atoms with E-state index < -0.39 is 27.6 Å². The predicted molar refractivity (Wildman–Crippen MR) is 183 cm³/mol. The van der Waals surface area contributed by atoms with Crippen LogP contribution in [0.15, 0.2) is 71.7 Å². The Morgan fingerprint density at radius 1 is 0.978 bits per heavy atom. The van der Waals surface area contributed by atoms with E-state index in [1.807, 2.05) is 32.6 Å². The summed E-state index contributed by atoms with van der Waals surface area (Å²) in [5.74, 6) is -0.0366. The summed E-state index contributed by atoms with van der Waals surface area (Å²) < 4.78 is 48.2. The zero-order chi connectivity index (χ0) is 33.6. The predicted octanol–water partition coefficient (Wildman–Crippen LogP) is 6.72. The van der Waals surface area contributed by atoms with Crippen molar-refractivity contribution in [1.29, 1.82) is 0 Å². The molecule has 9 nitrogen and oxygen atoms in total. The van der Waals surface area contributed by atoms with E-state index in [-0.39, 0.29) is 30.8 Å². The summed E-state index contributed by atoms with van der Waals surface area (Å²) >= 11 is 12.6. The van der Waals surface area contributed by atoms with E-state index in [1.165, 1.54) is 11.4 Å². The number of benzene rings is 3. The Morgan fingerprint density at radius 3 is 2.13 bits per heavy atom. The van der Waals surface area contributed by atoms with Crippen molar-refractivity contribution >= 4 is 45.0 Å². The van der Waals surface area contributed by atoms with Crippen molar-refractivity contribution in [2.24, 2.45) is 4.99 Å². The van der Waals surface area contributed by atoms with Gasteiger partial charge in [-0.3, -0.25) is 0 Å². The standard InChI is InChI=1S/C34H41Cl2N3O6S/c1-7-38(8-2)20-21-46(41,42)39-31(24-10-14-26(35)15-11-24)34(33(40)44-9-3,25-12-16-27(36)17-13-25)37-32(39)29-19-18-28(43-6)22-30(29)45-23(4)5/h10-19,22-23,31H,7-9,20-21H2,1-6H3/t31-,34+/m1/s1. The van der Waals surface area contributed by atoms with Gasteiger partial charge in [-0.15, -0.1) is 0 Å². The summed E-state index contributed by atoms with van der Waals surface area (Å²) in [7, 11) is -2.63. The molecule has 1 aliphatic heterocycles. The molecule has 2 atom stereocenters. The maximum atomic E-state index is 14.8. The quantitative estimate of drug-likeness (QED) is 0.173. The summed E-state index contributed by atoms with van der Waals surface area (Å²) in [4.78, 5) is 21.5. The minimum Gasteiger partial charge on any atom is -0.497 e. The number of sulfonamides is 1. The van der Waals surface area contributed by atoms with E-state index in [1.54, 1.807) is 73.7 Å². The van der Waals surface area contributed by atoms with Crippen molar-refractivity contribution < 1.29 is 27.4 Å². The topological polar surface area (TPSA) is 97.7 Å². The zero-order valence-corrected chi connectivity index (χ0v) is 29.3. The number of ether oxygens (including phenoxy) is 3. The highest BCUT2D eigenvalue weighted by molar-refractivity contribution is 7.89. The minimum absolute atomic E-state index is 0.0424. The van der Waals surface area contributed by atoms with Crippen molar-refractivity contribution in [2.45, 2.75) is 52.3 Å². The first-order chi connectivity index (χ1) is 21.9. The first kappa shape index (κ1) is 35.5. The van der Waals surface area contributed by atoms with E-state index in [0.717, 1.165) is 0 Å². The van der Waals surface area contributed by atoms with Gasteiger partial charge in [0.25, 0.3) is 0 Å². The van der Waals surface area contributed by atoms with Crippen LogP contribution in [-0.4, -0.2) is 74.6 Å². The number of hydrogen-bond donors (Lipinski definition) is 0. The first-order valence-electron chi connectivity index (χ1n) is 15.3. The number of hydrogen-bond acceptors (Lipinski definition) is 8. The zero-order valence-electron chi connectivity index (χ0n) is 27.0. The Morgan fingerprint density at radius 2 is 1.59 bits per heavy atom.